The first-order valence-electron chi connectivity index (χ1n) is 9.32. The molecule has 1 aromatic carbocycles. The lowest BCUT2D eigenvalue weighted by Crippen LogP contribution is -2.28. The lowest BCUT2D eigenvalue weighted by Gasteiger charge is -2.14. The van der Waals surface area contributed by atoms with E-state index in [1.165, 1.54) is 0 Å². The fourth-order valence-electron chi connectivity index (χ4n) is 4.01. The first-order valence-corrected chi connectivity index (χ1v) is 9.32. The van der Waals surface area contributed by atoms with Gasteiger partial charge in [0.1, 0.15) is 11.5 Å². The summed E-state index contributed by atoms with van der Waals surface area (Å²) >= 11 is 0. The Balaban J connectivity index is 1.55. The zero-order chi connectivity index (χ0) is 18.2. The van der Waals surface area contributed by atoms with Crippen LogP contribution in [0.4, 0.5) is 0 Å². The monoisotopic (exact) mass is 357 g/mol. The minimum absolute atomic E-state index is 0.0479. The second-order valence-corrected chi connectivity index (χ2v) is 7.24. The molecule has 4 heterocycles. The van der Waals surface area contributed by atoms with Crippen LogP contribution in [-0.2, 0) is 17.7 Å². The maximum atomic E-state index is 13.0. The van der Waals surface area contributed by atoms with Gasteiger partial charge in [0.05, 0.1) is 17.5 Å². The van der Waals surface area contributed by atoms with Gasteiger partial charge in [0.15, 0.2) is 0 Å². The molecule has 1 unspecified atom stereocenters. The number of aromatic nitrogens is 3. The molecule has 0 radical (unpaired) electrons. The summed E-state index contributed by atoms with van der Waals surface area (Å²) in [6.45, 7) is 2.26. The number of ether oxygens (including phenoxy) is 1. The van der Waals surface area contributed by atoms with Crippen molar-refractivity contribution in [1.82, 2.24) is 14.5 Å². The highest BCUT2D eigenvalue weighted by Gasteiger charge is 2.32. The summed E-state index contributed by atoms with van der Waals surface area (Å²) in [6.07, 6.45) is 3.57. The number of aryl methyl sites for hydroxylation is 1. The maximum Gasteiger partial charge on any atom is 0.261 e. The van der Waals surface area contributed by atoms with Crippen molar-refractivity contribution in [2.45, 2.75) is 19.4 Å². The molecule has 2 aliphatic heterocycles. The first-order chi connectivity index (χ1) is 13.3. The summed E-state index contributed by atoms with van der Waals surface area (Å²) in [5.74, 6) is 8.02. The van der Waals surface area contributed by atoms with Gasteiger partial charge in [-0.1, -0.05) is 12.0 Å². The lowest BCUT2D eigenvalue weighted by atomic mass is 9.93. The fourth-order valence-corrected chi connectivity index (χ4v) is 4.01. The van der Waals surface area contributed by atoms with Crippen molar-refractivity contribution >= 4 is 10.9 Å². The van der Waals surface area contributed by atoms with Crippen molar-refractivity contribution < 1.29 is 4.74 Å². The normalized spacial score (nSPS) is 21.0. The molecule has 27 heavy (non-hydrogen) atoms. The first kappa shape index (κ1) is 16.2. The third-order valence-electron chi connectivity index (χ3n) is 5.52. The van der Waals surface area contributed by atoms with Gasteiger partial charge < -0.3 is 4.74 Å². The highest BCUT2D eigenvalue weighted by molar-refractivity contribution is 5.79. The van der Waals surface area contributed by atoms with Crippen molar-refractivity contribution in [1.29, 1.82) is 0 Å². The third kappa shape index (κ3) is 3.02. The van der Waals surface area contributed by atoms with Gasteiger partial charge in [0.2, 0.25) is 0 Å². The Morgan fingerprint density at radius 1 is 1.11 bits per heavy atom. The molecule has 0 spiro atoms. The minimum Gasteiger partial charge on any atom is -0.381 e. The van der Waals surface area contributed by atoms with E-state index in [1.807, 2.05) is 41.0 Å². The predicted molar refractivity (Wildman–Crippen MR) is 102 cm³/mol. The maximum absolute atomic E-state index is 13.0. The molecule has 3 aromatic rings. The molecule has 2 atom stereocenters. The summed E-state index contributed by atoms with van der Waals surface area (Å²) in [4.78, 5) is 22.1. The Bertz CT molecular complexity index is 1130. The summed E-state index contributed by atoms with van der Waals surface area (Å²) in [7, 11) is 0. The molecule has 2 aliphatic rings. The molecule has 5 rings (SSSR count). The van der Waals surface area contributed by atoms with Gasteiger partial charge in [-0.2, -0.15) is 0 Å². The van der Waals surface area contributed by atoms with Crippen LogP contribution in [0.2, 0.25) is 0 Å². The van der Waals surface area contributed by atoms with Gasteiger partial charge in [-0.3, -0.25) is 9.36 Å². The van der Waals surface area contributed by atoms with Crippen molar-refractivity contribution in [3.8, 4) is 11.8 Å². The Labute approximate surface area is 157 Å². The quantitative estimate of drug-likeness (QED) is 0.580. The number of rotatable bonds is 0. The van der Waals surface area contributed by atoms with E-state index in [0.717, 1.165) is 48.7 Å². The Hall–Kier alpha value is -2.97. The van der Waals surface area contributed by atoms with Crippen LogP contribution < -0.4 is 5.56 Å². The SMILES string of the molecule is O=c1c2ccc(C#Cc3ccccn3)cc2nc2n1C[C@H]1COCC1CC2. The van der Waals surface area contributed by atoms with Crippen LogP contribution >= 0.6 is 0 Å². The molecule has 5 heteroatoms. The highest BCUT2D eigenvalue weighted by Crippen LogP contribution is 2.29. The van der Waals surface area contributed by atoms with Gasteiger partial charge in [-0.25, -0.2) is 9.97 Å². The molecule has 134 valence electrons. The van der Waals surface area contributed by atoms with Crippen LogP contribution in [0.15, 0.2) is 47.4 Å². The van der Waals surface area contributed by atoms with Crippen molar-refractivity contribution in [2.24, 2.45) is 11.8 Å². The average molecular weight is 357 g/mol. The number of hydrogen-bond donors (Lipinski definition) is 0. The van der Waals surface area contributed by atoms with Crippen LogP contribution in [0.3, 0.4) is 0 Å². The van der Waals surface area contributed by atoms with Crippen LogP contribution in [-0.4, -0.2) is 27.7 Å². The van der Waals surface area contributed by atoms with E-state index < -0.39 is 0 Å². The highest BCUT2D eigenvalue weighted by atomic mass is 16.5. The van der Waals surface area contributed by atoms with Crippen LogP contribution in [0, 0.1) is 23.7 Å². The molecule has 0 amide bonds. The number of fused-ring (bicyclic) bond motifs is 3. The smallest absolute Gasteiger partial charge is 0.261 e. The zero-order valence-electron chi connectivity index (χ0n) is 14.9. The minimum atomic E-state index is 0.0479. The van der Waals surface area contributed by atoms with Crippen LogP contribution in [0.5, 0.6) is 0 Å². The van der Waals surface area contributed by atoms with E-state index in [2.05, 4.69) is 16.8 Å². The summed E-state index contributed by atoms with van der Waals surface area (Å²) < 4.78 is 7.47. The molecule has 0 saturated carbocycles. The Morgan fingerprint density at radius 2 is 2.04 bits per heavy atom. The van der Waals surface area contributed by atoms with Crippen LogP contribution in [0.1, 0.15) is 23.5 Å². The molecule has 2 aromatic heterocycles. The van der Waals surface area contributed by atoms with Crippen molar-refractivity contribution in [3.05, 3.63) is 70.0 Å². The fraction of sp³-hybridized carbons (Fsp3) is 0.318. The lowest BCUT2D eigenvalue weighted by molar-refractivity contribution is 0.176. The van der Waals surface area contributed by atoms with Gasteiger partial charge in [-0.05, 0) is 48.6 Å². The van der Waals surface area contributed by atoms with E-state index in [9.17, 15) is 4.79 Å². The van der Waals surface area contributed by atoms with E-state index in [0.29, 0.717) is 23.8 Å². The van der Waals surface area contributed by atoms with Gasteiger partial charge in [0, 0.05) is 37.3 Å². The molecule has 1 fully saturated rings. The van der Waals surface area contributed by atoms with Crippen molar-refractivity contribution in [3.63, 3.8) is 0 Å². The molecule has 0 N–H and O–H groups in total. The van der Waals surface area contributed by atoms with Crippen LogP contribution in [0.25, 0.3) is 10.9 Å². The molecule has 1 saturated heterocycles. The average Bonchev–Trinajstić information content (AvgIpc) is 3.07. The summed E-state index contributed by atoms with van der Waals surface area (Å²) in [6, 6.07) is 11.3. The molecular weight excluding hydrogens is 338 g/mol. The summed E-state index contributed by atoms with van der Waals surface area (Å²) in [5.41, 5.74) is 2.33. The van der Waals surface area contributed by atoms with E-state index in [1.54, 1.807) is 6.20 Å². The number of benzene rings is 1. The van der Waals surface area contributed by atoms with Gasteiger partial charge >= 0.3 is 0 Å². The second-order valence-electron chi connectivity index (χ2n) is 7.24. The predicted octanol–water partition coefficient (Wildman–Crippen LogP) is 2.40. The zero-order valence-corrected chi connectivity index (χ0v) is 14.9. The van der Waals surface area contributed by atoms with E-state index in [-0.39, 0.29) is 5.56 Å². The number of hydrogen-bond acceptors (Lipinski definition) is 4. The standard InChI is InChI=1S/C22H19N3O2/c26-22-19-8-5-15(4-7-18-3-1-2-10-23-18)11-20(19)24-21-9-6-16-13-27-14-17(16)12-25(21)22/h1-3,5,8,10-11,16-17H,6,9,12-14H2/t16?,17-/m0/s1. The van der Waals surface area contributed by atoms with Gasteiger partial charge in [-0.15, -0.1) is 0 Å². The Kier molecular flexibility index (Phi) is 3.99. The third-order valence-corrected chi connectivity index (χ3v) is 5.52. The largest absolute Gasteiger partial charge is 0.381 e. The molecule has 0 aliphatic carbocycles. The number of nitrogens with zero attached hydrogens (tertiary/aromatic N) is 3. The molecule has 0 bridgehead atoms. The topological polar surface area (TPSA) is 57.0 Å². The second kappa shape index (κ2) is 6.64. The Morgan fingerprint density at radius 3 is 2.93 bits per heavy atom. The molecule has 5 nitrogen and oxygen atoms in total. The van der Waals surface area contributed by atoms with Gasteiger partial charge in [0.25, 0.3) is 5.56 Å². The van der Waals surface area contributed by atoms with E-state index in [4.69, 9.17) is 9.72 Å². The van der Waals surface area contributed by atoms with E-state index >= 15 is 0 Å². The number of pyridine rings is 1. The van der Waals surface area contributed by atoms with Crippen molar-refractivity contribution in [2.75, 3.05) is 13.2 Å². The summed E-state index contributed by atoms with van der Waals surface area (Å²) in [5, 5.41) is 0.652. The molecular formula is C22H19N3O2.